The molecule has 0 radical (unpaired) electrons. The Kier molecular flexibility index (Phi) is 2.51. The molecule has 1 unspecified atom stereocenters. The Morgan fingerprint density at radius 2 is 2.67 bits per heavy atom. The van der Waals surface area contributed by atoms with E-state index in [4.69, 9.17) is 0 Å². The summed E-state index contributed by atoms with van der Waals surface area (Å²) in [4.78, 5) is 9.82. The first kappa shape index (κ1) is 6.55. The fourth-order valence-corrected chi connectivity index (χ4v) is 1.12. The highest BCUT2D eigenvalue weighted by molar-refractivity contribution is 5.45. The van der Waals surface area contributed by atoms with Gasteiger partial charge in [0.25, 0.3) is 0 Å². The minimum Gasteiger partial charge on any atom is -0.357 e. The van der Waals surface area contributed by atoms with Crippen LogP contribution in [-0.4, -0.2) is 25.5 Å². The molecule has 52 valence electrons. The zero-order chi connectivity index (χ0) is 6.53. The molecular weight excluding hydrogens is 116 g/mol. The van der Waals surface area contributed by atoms with Crippen molar-refractivity contribution < 1.29 is 4.79 Å². The lowest BCUT2D eigenvalue weighted by atomic mass is 10.2. The summed E-state index contributed by atoms with van der Waals surface area (Å²) in [5, 5.41) is 5.92. The average molecular weight is 128 g/mol. The highest BCUT2D eigenvalue weighted by Gasteiger charge is 2.11. The molecule has 3 heteroatoms. The van der Waals surface area contributed by atoms with Crippen molar-refractivity contribution in [1.29, 1.82) is 0 Å². The highest BCUT2D eigenvalue weighted by Crippen LogP contribution is 2.02. The first-order valence-electron chi connectivity index (χ1n) is 3.34. The molecule has 1 saturated heterocycles. The molecule has 0 aromatic heterocycles. The number of hydrogen-bond donors (Lipinski definition) is 2. The first-order chi connectivity index (χ1) is 4.43. The van der Waals surface area contributed by atoms with Gasteiger partial charge in [0.2, 0.25) is 6.41 Å². The quantitative estimate of drug-likeness (QED) is 0.502. The molecule has 1 rings (SSSR count). The van der Waals surface area contributed by atoms with E-state index in [9.17, 15) is 4.79 Å². The van der Waals surface area contributed by atoms with Gasteiger partial charge in [-0.3, -0.25) is 4.79 Å². The highest BCUT2D eigenvalue weighted by atomic mass is 16.1. The molecule has 1 atom stereocenters. The van der Waals surface area contributed by atoms with E-state index in [0.717, 1.165) is 19.5 Å². The van der Waals surface area contributed by atoms with Gasteiger partial charge in [0.05, 0.1) is 0 Å². The second-order valence-corrected chi connectivity index (χ2v) is 2.32. The topological polar surface area (TPSA) is 41.1 Å². The van der Waals surface area contributed by atoms with Gasteiger partial charge in [0.1, 0.15) is 0 Å². The predicted octanol–water partition coefficient (Wildman–Crippen LogP) is -0.516. The summed E-state index contributed by atoms with van der Waals surface area (Å²) < 4.78 is 0. The van der Waals surface area contributed by atoms with Crippen molar-refractivity contribution >= 4 is 6.41 Å². The minimum atomic E-state index is 0.523. The Labute approximate surface area is 54.8 Å². The van der Waals surface area contributed by atoms with Gasteiger partial charge in [0, 0.05) is 12.6 Å². The summed E-state index contributed by atoms with van der Waals surface area (Å²) in [6.07, 6.45) is 3.19. The number of amides is 1. The lowest BCUT2D eigenvalue weighted by molar-refractivity contribution is -0.109. The van der Waals surface area contributed by atoms with Gasteiger partial charge in [-0.25, -0.2) is 0 Å². The van der Waals surface area contributed by atoms with E-state index in [1.54, 1.807) is 0 Å². The monoisotopic (exact) mass is 128 g/mol. The first-order valence-corrected chi connectivity index (χ1v) is 3.34. The van der Waals surface area contributed by atoms with E-state index < -0.39 is 0 Å². The molecule has 3 nitrogen and oxygen atoms in total. The van der Waals surface area contributed by atoms with Crippen LogP contribution < -0.4 is 10.6 Å². The Morgan fingerprint density at radius 1 is 1.78 bits per heavy atom. The van der Waals surface area contributed by atoms with E-state index in [2.05, 4.69) is 10.6 Å². The van der Waals surface area contributed by atoms with E-state index in [1.165, 1.54) is 12.8 Å². The smallest absolute Gasteiger partial charge is 0.207 e. The average Bonchev–Trinajstić information content (AvgIpc) is 2.34. The minimum absolute atomic E-state index is 0.523. The van der Waals surface area contributed by atoms with Crippen LogP contribution in [0.4, 0.5) is 0 Å². The number of carbonyl (C=O) groups excluding carboxylic acids is 1. The molecule has 1 heterocycles. The summed E-state index contributed by atoms with van der Waals surface area (Å²) in [5.74, 6) is 0. The van der Waals surface area contributed by atoms with Crippen LogP contribution in [0.15, 0.2) is 0 Å². The summed E-state index contributed by atoms with van der Waals surface area (Å²) in [5.41, 5.74) is 0. The van der Waals surface area contributed by atoms with E-state index >= 15 is 0 Å². The largest absolute Gasteiger partial charge is 0.357 e. The molecule has 0 aromatic carbocycles. The van der Waals surface area contributed by atoms with Crippen LogP contribution >= 0.6 is 0 Å². The van der Waals surface area contributed by atoms with Gasteiger partial charge in [0.15, 0.2) is 0 Å². The predicted molar refractivity (Wildman–Crippen MR) is 35.1 cm³/mol. The molecule has 9 heavy (non-hydrogen) atoms. The zero-order valence-electron chi connectivity index (χ0n) is 5.39. The van der Waals surface area contributed by atoms with Crippen LogP contribution in [0.5, 0.6) is 0 Å². The van der Waals surface area contributed by atoms with Crippen molar-refractivity contribution in [1.82, 2.24) is 10.6 Å². The second-order valence-electron chi connectivity index (χ2n) is 2.32. The van der Waals surface area contributed by atoms with Crippen LogP contribution in [0.3, 0.4) is 0 Å². The molecule has 1 amide bonds. The maximum absolute atomic E-state index is 9.82. The molecule has 1 fully saturated rings. The third-order valence-electron chi connectivity index (χ3n) is 1.61. The van der Waals surface area contributed by atoms with Crippen molar-refractivity contribution in [2.24, 2.45) is 0 Å². The number of carbonyl (C=O) groups is 1. The molecule has 0 aliphatic carbocycles. The van der Waals surface area contributed by atoms with Crippen LogP contribution in [0, 0.1) is 0 Å². The Morgan fingerprint density at radius 3 is 3.22 bits per heavy atom. The van der Waals surface area contributed by atoms with E-state index in [-0.39, 0.29) is 0 Å². The molecular formula is C6H12N2O. The van der Waals surface area contributed by atoms with E-state index in [1.807, 2.05) is 0 Å². The molecule has 1 aliphatic rings. The van der Waals surface area contributed by atoms with Crippen LogP contribution in [0.25, 0.3) is 0 Å². The summed E-state index contributed by atoms with van der Waals surface area (Å²) in [7, 11) is 0. The van der Waals surface area contributed by atoms with Gasteiger partial charge >= 0.3 is 0 Å². The van der Waals surface area contributed by atoms with Crippen molar-refractivity contribution in [2.45, 2.75) is 18.9 Å². The zero-order valence-corrected chi connectivity index (χ0v) is 5.39. The molecule has 1 aliphatic heterocycles. The van der Waals surface area contributed by atoms with Crippen molar-refractivity contribution in [3.63, 3.8) is 0 Å². The van der Waals surface area contributed by atoms with Crippen molar-refractivity contribution in [3.05, 3.63) is 0 Å². The SMILES string of the molecule is O=CNCC1CCCN1. The second kappa shape index (κ2) is 3.45. The lowest BCUT2D eigenvalue weighted by Gasteiger charge is -2.06. The molecule has 0 aromatic rings. The van der Waals surface area contributed by atoms with Crippen LogP contribution in [-0.2, 0) is 4.79 Å². The molecule has 0 bridgehead atoms. The summed E-state index contributed by atoms with van der Waals surface area (Å²) >= 11 is 0. The standard InChI is InChI=1S/C6H12N2O/c9-5-7-4-6-2-1-3-8-6/h5-6,8H,1-4H2,(H,7,9). The maximum atomic E-state index is 9.82. The normalized spacial score (nSPS) is 26.0. The fourth-order valence-electron chi connectivity index (χ4n) is 1.12. The van der Waals surface area contributed by atoms with Gasteiger partial charge < -0.3 is 10.6 Å². The Bertz CT molecular complexity index is 89.1. The molecule has 0 spiro atoms. The third-order valence-corrected chi connectivity index (χ3v) is 1.61. The summed E-state index contributed by atoms with van der Waals surface area (Å²) in [6, 6.07) is 0.523. The number of nitrogens with one attached hydrogen (secondary N) is 2. The number of hydrogen-bond acceptors (Lipinski definition) is 2. The van der Waals surface area contributed by atoms with Crippen LogP contribution in [0.1, 0.15) is 12.8 Å². The van der Waals surface area contributed by atoms with Crippen LogP contribution in [0.2, 0.25) is 0 Å². The van der Waals surface area contributed by atoms with Gasteiger partial charge in [-0.2, -0.15) is 0 Å². The van der Waals surface area contributed by atoms with E-state index in [0.29, 0.717) is 6.04 Å². The maximum Gasteiger partial charge on any atom is 0.207 e. The third kappa shape index (κ3) is 2.01. The Hall–Kier alpha value is -0.570. The fraction of sp³-hybridized carbons (Fsp3) is 0.833. The molecule has 2 N–H and O–H groups in total. The van der Waals surface area contributed by atoms with Crippen molar-refractivity contribution in [3.8, 4) is 0 Å². The summed E-state index contributed by atoms with van der Waals surface area (Å²) in [6.45, 7) is 1.88. The van der Waals surface area contributed by atoms with Gasteiger partial charge in [-0.1, -0.05) is 0 Å². The van der Waals surface area contributed by atoms with Gasteiger partial charge in [-0.15, -0.1) is 0 Å². The number of rotatable bonds is 3. The lowest BCUT2D eigenvalue weighted by Crippen LogP contribution is -2.33. The Balaban J connectivity index is 2.04. The van der Waals surface area contributed by atoms with Crippen molar-refractivity contribution in [2.75, 3.05) is 13.1 Å². The van der Waals surface area contributed by atoms with Gasteiger partial charge in [-0.05, 0) is 19.4 Å². The molecule has 0 saturated carbocycles.